The third-order valence-corrected chi connectivity index (χ3v) is 4.96. The maximum atomic E-state index is 12.4. The van der Waals surface area contributed by atoms with Crippen LogP contribution in [0.5, 0.6) is 0 Å². The van der Waals surface area contributed by atoms with Crippen LogP contribution < -0.4 is 10.0 Å². The summed E-state index contributed by atoms with van der Waals surface area (Å²) in [7, 11) is -3.38. The Kier molecular flexibility index (Phi) is 5.98. The molecule has 24 heavy (non-hydrogen) atoms. The van der Waals surface area contributed by atoms with Gasteiger partial charge in [-0.3, -0.25) is 9.52 Å². The minimum atomic E-state index is -3.38. The van der Waals surface area contributed by atoms with Gasteiger partial charge in [0, 0.05) is 16.9 Å². The summed E-state index contributed by atoms with van der Waals surface area (Å²) < 4.78 is 26.2. The Morgan fingerprint density at radius 1 is 1.00 bits per heavy atom. The molecule has 0 heterocycles. The molecule has 0 saturated carbocycles. The Morgan fingerprint density at radius 3 is 2.42 bits per heavy atom. The van der Waals surface area contributed by atoms with Crippen LogP contribution in [0, 0.1) is 0 Å². The van der Waals surface area contributed by atoms with Gasteiger partial charge in [-0.2, -0.15) is 0 Å². The van der Waals surface area contributed by atoms with E-state index in [1.807, 2.05) is 31.2 Å². The highest BCUT2D eigenvalue weighted by Gasteiger charge is 2.11. The van der Waals surface area contributed by atoms with E-state index in [1.54, 1.807) is 25.1 Å². The number of sulfonamides is 1. The van der Waals surface area contributed by atoms with Gasteiger partial charge in [0.25, 0.3) is 5.91 Å². The first-order chi connectivity index (χ1) is 11.4. The molecule has 2 aromatic carbocycles. The molecule has 2 aromatic rings. The average Bonchev–Trinajstić information content (AvgIpc) is 2.54. The molecule has 0 atom stereocenters. The number of carbonyl (C=O) groups excluding carboxylic acids is 1. The second-order valence-electron chi connectivity index (χ2n) is 5.51. The summed E-state index contributed by atoms with van der Waals surface area (Å²) in [5.74, 6) is -0.229. The van der Waals surface area contributed by atoms with Crippen LogP contribution in [-0.2, 0) is 16.4 Å². The van der Waals surface area contributed by atoms with Crippen LogP contribution >= 0.6 is 0 Å². The number of hydrogen-bond donors (Lipinski definition) is 2. The van der Waals surface area contributed by atoms with Crippen molar-refractivity contribution in [3.8, 4) is 0 Å². The zero-order valence-corrected chi connectivity index (χ0v) is 14.7. The average molecular weight is 346 g/mol. The smallest absolute Gasteiger partial charge is 0.255 e. The van der Waals surface area contributed by atoms with Crippen LogP contribution in [0.25, 0.3) is 0 Å². The molecule has 0 radical (unpaired) electrons. The van der Waals surface area contributed by atoms with Crippen molar-refractivity contribution in [2.75, 3.05) is 15.8 Å². The van der Waals surface area contributed by atoms with Crippen molar-refractivity contribution >= 4 is 27.3 Å². The highest BCUT2D eigenvalue weighted by molar-refractivity contribution is 7.92. The molecule has 1 amide bonds. The van der Waals surface area contributed by atoms with E-state index < -0.39 is 10.0 Å². The van der Waals surface area contributed by atoms with E-state index >= 15 is 0 Å². The predicted molar refractivity (Wildman–Crippen MR) is 97.9 cm³/mol. The first-order valence-electron chi connectivity index (χ1n) is 7.94. The monoisotopic (exact) mass is 346 g/mol. The number of benzene rings is 2. The van der Waals surface area contributed by atoms with E-state index in [0.717, 1.165) is 17.7 Å². The largest absolute Gasteiger partial charge is 0.322 e. The van der Waals surface area contributed by atoms with Gasteiger partial charge in [0.2, 0.25) is 10.0 Å². The Labute approximate surface area is 143 Å². The quantitative estimate of drug-likeness (QED) is 0.803. The van der Waals surface area contributed by atoms with Crippen molar-refractivity contribution in [3.63, 3.8) is 0 Å². The molecule has 5 nitrogen and oxygen atoms in total. The highest BCUT2D eigenvalue weighted by Crippen LogP contribution is 2.16. The lowest BCUT2D eigenvalue weighted by molar-refractivity contribution is 0.102. The third-order valence-electron chi connectivity index (χ3n) is 3.46. The van der Waals surface area contributed by atoms with Gasteiger partial charge in [-0.05, 0) is 48.7 Å². The number of carbonyl (C=O) groups is 1. The summed E-state index contributed by atoms with van der Waals surface area (Å²) in [6.45, 7) is 3.85. The summed E-state index contributed by atoms with van der Waals surface area (Å²) in [4.78, 5) is 12.4. The first-order valence-corrected chi connectivity index (χ1v) is 9.59. The van der Waals surface area contributed by atoms with Gasteiger partial charge in [-0.25, -0.2) is 8.42 Å². The number of aryl methyl sites for hydroxylation is 1. The number of nitrogens with one attached hydrogen (secondary N) is 2. The van der Waals surface area contributed by atoms with Crippen molar-refractivity contribution in [2.24, 2.45) is 0 Å². The maximum Gasteiger partial charge on any atom is 0.255 e. The minimum absolute atomic E-state index is 0.0488. The molecule has 2 rings (SSSR count). The van der Waals surface area contributed by atoms with Crippen molar-refractivity contribution in [1.82, 2.24) is 0 Å². The lowest BCUT2D eigenvalue weighted by Crippen LogP contribution is -2.17. The summed E-state index contributed by atoms with van der Waals surface area (Å²) in [5, 5.41) is 2.83. The molecule has 0 fully saturated rings. The van der Waals surface area contributed by atoms with Crippen LogP contribution in [0.1, 0.15) is 36.2 Å². The number of amides is 1. The van der Waals surface area contributed by atoms with Gasteiger partial charge in [0.1, 0.15) is 0 Å². The highest BCUT2D eigenvalue weighted by atomic mass is 32.2. The molecule has 0 bridgehead atoms. The fourth-order valence-corrected chi connectivity index (χ4v) is 3.42. The lowest BCUT2D eigenvalue weighted by atomic mass is 10.1. The molecule has 0 aliphatic rings. The van der Waals surface area contributed by atoms with E-state index in [-0.39, 0.29) is 11.7 Å². The number of rotatable bonds is 7. The van der Waals surface area contributed by atoms with E-state index in [1.165, 1.54) is 6.07 Å². The normalized spacial score (nSPS) is 11.1. The molecule has 6 heteroatoms. The second-order valence-corrected chi connectivity index (χ2v) is 7.35. The third kappa shape index (κ3) is 5.09. The van der Waals surface area contributed by atoms with Crippen LogP contribution in [0.3, 0.4) is 0 Å². The Morgan fingerprint density at radius 2 is 1.71 bits per heavy atom. The van der Waals surface area contributed by atoms with Crippen molar-refractivity contribution in [1.29, 1.82) is 0 Å². The van der Waals surface area contributed by atoms with Crippen molar-refractivity contribution in [2.45, 2.75) is 26.7 Å². The fourth-order valence-electron chi connectivity index (χ4n) is 2.30. The van der Waals surface area contributed by atoms with Gasteiger partial charge in [0.15, 0.2) is 0 Å². The number of hydrogen-bond acceptors (Lipinski definition) is 3. The Hall–Kier alpha value is -2.34. The van der Waals surface area contributed by atoms with Gasteiger partial charge < -0.3 is 5.32 Å². The van der Waals surface area contributed by atoms with Gasteiger partial charge >= 0.3 is 0 Å². The van der Waals surface area contributed by atoms with E-state index in [9.17, 15) is 13.2 Å². The second kappa shape index (κ2) is 7.97. The topological polar surface area (TPSA) is 75.3 Å². The van der Waals surface area contributed by atoms with Gasteiger partial charge in [-0.1, -0.05) is 32.0 Å². The Balaban J connectivity index is 2.14. The van der Waals surface area contributed by atoms with Crippen molar-refractivity contribution in [3.05, 3.63) is 59.7 Å². The fraction of sp³-hybridized carbons (Fsp3) is 0.278. The number of anilines is 2. The predicted octanol–water partition coefficient (Wildman–Crippen LogP) is 3.65. The first kappa shape index (κ1) is 18.0. The van der Waals surface area contributed by atoms with E-state index in [2.05, 4.69) is 10.0 Å². The zero-order chi connectivity index (χ0) is 17.6. The molecule has 0 unspecified atom stereocenters. The molecule has 0 aliphatic carbocycles. The summed E-state index contributed by atoms with van der Waals surface area (Å²) in [6, 6.07) is 14.1. The molecular weight excluding hydrogens is 324 g/mol. The minimum Gasteiger partial charge on any atom is -0.322 e. The SMILES string of the molecule is CCCS(=O)(=O)Nc1cccc(C(=O)Nc2cccc(CC)c2)c1. The van der Waals surface area contributed by atoms with Crippen LogP contribution in [-0.4, -0.2) is 20.1 Å². The van der Waals surface area contributed by atoms with Crippen LogP contribution in [0.4, 0.5) is 11.4 Å². The molecule has 0 saturated heterocycles. The van der Waals surface area contributed by atoms with E-state index in [0.29, 0.717) is 17.7 Å². The lowest BCUT2D eigenvalue weighted by Gasteiger charge is -2.10. The molecular formula is C18H22N2O3S. The van der Waals surface area contributed by atoms with E-state index in [4.69, 9.17) is 0 Å². The Bertz CT molecular complexity index is 817. The molecule has 0 spiro atoms. The van der Waals surface area contributed by atoms with Crippen molar-refractivity contribution < 1.29 is 13.2 Å². The summed E-state index contributed by atoms with van der Waals surface area (Å²) in [5.41, 5.74) is 2.64. The molecule has 128 valence electrons. The molecule has 0 aromatic heterocycles. The van der Waals surface area contributed by atoms with Gasteiger partial charge in [-0.15, -0.1) is 0 Å². The molecule has 2 N–H and O–H groups in total. The summed E-state index contributed by atoms with van der Waals surface area (Å²) in [6.07, 6.45) is 1.42. The van der Waals surface area contributed by atoms with Crippen LogP contribution in [0.15, 0.2) is 48.5 Å². The summed E-state index contributed by atoms with van der Waals surface area (Å²) >= 11 is 0. The zero-order valence-electron chi connectivity index (χ0n) is 13.9. The van der Waals surface area contributed by atoms with Crippen LogP contribution in [0.2, 0.25) is 0 Å². The standard InChI is InChI=1S/C18H22N2O3S/c1-3-11-24(22,23)20-17-10-6-8-15(13-17)18(21)19-16-9-5-7-14(4-2)12-16/h5-10,12-13,20H,3-4,11H2,1-2H3,(H,19,21). The van der Waals surface area contributed by atoms with Gasteiger partial charge in [0.05, 0.1) is 5.75 Å². The maximum absolute atomic E-state index is 12.4. The molecule has 0 aliphatic heterocycles.